The van der Waals surface area contributed by atoms with E-state index in [1.165, 1.54) is 0 Å². The third kappa shape index (κ3) is 3.80. The van der Waals surface area contributed by atoms with Crippen LogP contribution < -0.4 is 0 Å². The Kier molecular flexibility index (Phi) is 6.78. The van der Waals surface area contributed by atoms with Crippen LogP contribution in [0.15, 0.2) is 11.6 Å². The van der Waals surface area contributed by atoms with E-state index < -0.39 is 42.9 Å². The molecule has 0 aromatic heterocycles. The van der Waals surface area contributed by atoms with Crippen LogP contribution in [0, 0.1) is 34.5 Å². The molecule has 6 aliphatic rings. The van der Waals surface area contributed by atoms with Crippen molar-refractivity contribution >= 4 is 5.97 Å². The van der Waals surface area contributed by atoms with Gasteiger partial charge in [-0.1, -0.05) is 13.8 Å². The van der Waals surface area contributed by atoms with Crippen molar-refractivity contribution in [1.29, 1.82) is 0 Å². The van der Waals surface area contributed by atoms with E-state index >= 15 is 0 Å². The Morgan fingerprint density at radius 1 is 0.974 bits per heavy atom. The van der Waals surface area contributed by atoms with Crippen molar-refractivity contribution in [3.63, 3.8) is 0 Å². The second-order valence-electron chi connectivity index (χ2n) is 13.5. The molecule has 0 unspecified atom stereocenters. The summed E-state index contributed by atoms with van der Waals surface area (Å²) in [5, 5.41) is 52.5. The maximum Gasteiger partial charge on any atom is 0.334 e. The van der Waals surface area contributed by atoms with E-state index in [1.807, 2.05) is 6.08 Å². The number of aliphatic hydroxyl groups excluding tert-OH is 4. The standard InChI is InChI=1S/C29H44O9/c1-27-9-5-16(37-26-24(33)23(32)22(31)21(14-30)38-26)13-15(27)3-4-20-19(27)6-10-28(2)18(7-11-29(20,28)35)17-8-12-36-25(17)34/h8,15-16,18-24,26,30-33,35H,3-7,9-14H2,1-2H3/t15-,16-,18+,19+,20-,21+,22+,23-,24-,26+,27+,28-,29-/m0/s1. The first-order valence-corrected chi connectivity index (χ1v) is 14.6. The zero-order valence-corrected chi connectivity index (χ0v) is 22.5. The monoisotopic (exact) mass is 536 g/mol. The molecule has 0 amide bonds. The van der Waals surface area contributed by atoms with Crippen LogP contribution in [0.1, 0.15) is 71.6 Å². The van der Waals surface area contributed by atoms with Crippen LogP contribution in [-0.2, 0) is 19.0 Å². The summed E-state index contributed by atoms with van der Waals surface area (Å²) >= 11 is 0. The molecule has 4 saturated carbocycles. The summed E-state index contributed by atoms with van der Waals surface area (Å²) in [5.41, 5.74) is -0.274. The second kappa shape index (κ2) is 9.50. The summed E-state index contributed by atoms with van der Waals surface area (Å²) in [6.45, 7) is 4.46. The number of ether oxygens (including phenoxy) is 3. The predicted octanol–water partition coefficient (Wildman–Crippen LogP) is 1.43. The Morgan fingerprint density at radius 2 is 1.76 bits per heavy atom. The van der Waals surface area contributed by atoms with Gasteiger partial charge in [-0.2, -0.15) is 0 Å². The van der Waals surface area contributed by atoms with Crippen molar-refractivity contribution in [2.75, 3.05) is 13.2 Å². The zero-order chi connectivity index (χ0) is 27.0. The fraction of sp³-hybridized carbons (Fsp3) is 0.897. The lowest BCUT2D eigenvalue weighted by molar-refractivity contribution is -0.317. The quantitative estimate of drug-likeness (QED) is 0.266. The molecular formula is C29H44O9. The third-order valence-electron chi connectivity index (χ3n) is 12.1. The molecule has 9 heteroatoms. The summed E-state index contributed by atoms with van der Waals surface area (Å²) in [4.78, 5) is 12.4. The fourth-order valence-corrected chi connectivity index (χ4v) is 9.84. The Bertz CT molecular complexity index is 968. The molecule has 1 saturated heterocycles. The highest BCUT2D eigenvalue weighted by atomic mass is 16.7. The van der Waals surface area contributed by atoms with E-state index in [4.69, 9.17) is 14.2 Å². The molecule has 2 aliphatic heterocycles. The molecule has 38 heavy (non-hydrogen) atoms. The first-order chi connectivity index (χ1) is 18.0. The SMILES string of the molecule is C[C@@]12CC[C@H](O[C@@H]3O[C@H](CO)[C@@H](O)[C@H](O)[C@@H]3O)C[C@@H]1CC[C@H]1[C@H]2CC[C@@]2(C)[C@@H](C3=CCOC3=O)CC[C@]12O. The smallest absolute Gasteiger partial charge is 0.334 e. The highest BCUT2D eigenvalue weighted by molar-refractivity contribution is 5.91. The van der Waals surface area contributed by atoms with Crippen molar-refractivity contribution in [1.82, 2.24) is 0 Å². The summed E-state index contributed by atoms with van der Waals surface area (Å²) < 4.78 is 17.0. The van der Waals surface area contributed by atoms with Gasteiger partial charge in [0.15, 0.2) is 6.29 Å². The molecule has 5 fully saturated rings. The predicted molar refractivity (Wildman–Crippen MR) is 134 cm³/mol. The van der Waals surface area contributed by atoms with Crippen molar-refractivity contribution in [2.45, 2.75) is 114 Å². The van der Waals surface area contributed by atoms with E-state index in [0.29, 0.717) is 18.4 Å². The van der Waals surface area contributed by atoms with Crippen LogP contribution in [-0.4, -0.2) is 87.1 Å². The number of cyclic esters (lactones) is 1. The van der Waals surface area contributed by atoms with Gasteiger partial charge < -0.3 is 39.7 Å². The number of rotatable bonds is 4. The van der Waals surface area contributed by atoms with Crippen LogP contribution in [0.5, 0.6) is 0 Å². The van der Waals surface area contributed by atoms with Crippen molar-refractivity contribution in [3.8, 4) is 0 Å². The Hall–Kier alpha value is -1.07. The minimum absolute atomic E-state index is 0.0525. The first-order valence-electron chi connectivity index (χ1n) is 14.6. The first kappa shape index (κ1) is 27.1. The molecule has 0 bridgehead atoms. The van der Waals surface area contributed by atoms with Gasteiger partial charge in [-0.15, -0.1) is 0 Å². The molecule has 2 heterocycles. The fourth-order valence-electron chi connectivity index (χ4n) is 9.84. The minimum atomic E-state index is -1.44. The highest BCUT2D eigenvalue weighted by Crippen LogP contribution is 2.70. The molecule has 13 atom stereocenters. The van der Waals surface area contributed by atoms with Gasteiger partial charge in [0, 0.05) is 11.0 Å². The molecule has 5 N–H and O–H groups in total. The number of hydrogen-bond acceptors (Lipinski definition) is 9. The van der Waals surface area contributed by atoms with Crippen molar-refractivity contribution in [3.05, 3.63) is 11.6 Å². The lowest BCUT2D eigenvalue weighted by Gasteiger charge is -2.63. The molecule has 214 valence electrons. The number of carbonyl (C=O) groups is 1. The Morgan fingerprint density at radius 3 is 2.47 bits per heavy atom. The number of esters is 1. The number of carbonyl (C=O) groups excluding carboxylic acids is 1. The van der Waals surface area contributed by atoms with Crippen LogP contribution in [0.2, 0.25) is 0 Å². The van der Waals surface area contributed by atoms with Gasteiger partial charge in [0.2, 0.25) is 0 Å². The molecule has 0 spiro atoms. The number of fused-ring (bicyclic) bond motifs is 5. The van der Waals surface area contributed by atoms with Gasteiger partial charge in [0.05, 0.1) is 18.3 Å². The lowest BCUT2D eigenvalue weighted by Crippen LogP contribution is -2.63. The van der Waals surface area contributed by atoms with Crippen molar-refractivity contribution < 1.29 is 44.5 Å². The largest absolute Gasteiger partial charge is 0.458 e. The second-order valence-corrected chi connectivity index (χ2v) is 13.5. The molecule has 0 radical (unpaired) electrons. The molecule has 0 aromatic carbocycles. The van der Waals surface area contributed by atoms with Crippen LogP contribution >= 0.6 is 0 Å². The number of aliphatic hydroxyl groups is 5. The molecular weight excluding hydrogens is 492 g/mol. The summed E-state index contributed by atoms with van der Waals surface area (Å²) in [7, 11) is 0. The maximum absolute atomic E-state index is 12.4. The zero-order valence-electron chi connectivity index (χ0n) is 22.5. The van der Waals surface area contributed by atoms with Gasteiger partial charge in [0.25, 0.3) is 0 Å². The average Bonchev–Trinajstić information content (AvgIpc) is 3.43. The summed E-state index contributed by atoms with van der Waals surface area (Å²) in [6, 6.07) is 0. The molecule has 6 rings (SSSR count). The molecule has 4 aliphatic carbocycles. The van der Waals surface area contributed by atoms with Crippen LogP contribution in [0.4, 0.5) is 0 Å². The van der Waals surface area contributed by atoms with Gasteiger partial charge in [0.1, 0.15) is 31.0 Å². The topological polar surface area (TPSA) is 146 Å². The van der Waals surface area contributed by atoms with Gasteiger partial charge in [-0.05, 0) is 93.0 Å². The maximum atomic E-state index is 12.4. The minimum Gasteiger partial charge on any atom is -0.458 e. The highest BCUT2D eigenvalue weighted by Gasteiger charge is 2.68. The lowest BCUT2D eigenvalue weighted by atomic mass is 9.43. The number of hydrogen-bond donors (Lipinski definition) is 5. The van der Waals surface area contributed by atoms with E-state index in [0.717, 1.165) is 63.4 Å². The van der Waals surface area contributed by atoms with E-state index in [9.17, 15) is 30.3 Å². The molecule has 0 aromatic rings. The molecule has 9 nitrogen and oxygen atoms in total. The van der Waals surface area contributed by atoms with Crippen molar-refractivity contribution in [2.24, 2.45) is 34.5 Å². The van der Waals surface area contributed by atoms with Gasteiger partial charge in [-0.3, -0.25) is 0 Å². The van der Waals surface area contributed by atoms with E-state index in [2.05, 4.69) is 13.8 Å². The Labute approximate surface area is 224 Å². The van der Waals surface area contributed by atoms with E-state index in [1.54, 1.807) is 0 Å². The van der Waals surface area contributed by atoms with Gasteiger partial charge in [-0.25, -0.2) is 4.79 Å². The van der Waals surface area contributed by atoms with Gasteiger partial charge >= 0.3 is 5.97 Å². The summed E-state index contributed by atoms with van der Waals surface area (Å²) in [6.07, 6.45) is 3.42. The third-order valence-corrected chi connectivity index (χ3v) is 12.1. The summed E-state index contributed by atoms with van der Waals surface area (Å²) in [5.74, 6) is 0.849. The average molecular weight is 537 g/mol. The Balaban J connectivity index is 1.16. The normalized spacial score (nSPS) is 54.5. The van der Waals surface area contributed by atoms with Crippen LogP contribution in [0.25, 0.3) is 0 Å². The van der Waals surface area contributed by atoms with Crippen LogP contribution in [0.3, 0.4) is 0 Å². The van der Waals surface area contributed by atoms with E-state index in [-0.39, 0.29) is 34.7 Å².